The summed E-state index contributed by atoms with van der Waals surface area (Å²) in [4.78, 5) is 12.0. The van der Waals surface area contributed by atoms with Crippen LogP contribution >= 0.6 is 11.6 Å². The van der Waals surface area contributed by atoms with Crippen LogP contribution in [0.2, 0.25) is 5.02 Å². The first-order valence-electron chi connectivity index (χ1n) is 7.34. The van der Waals surface area contributed by atoms with Crippen molar-refractivity contribution in [2.24, 2.45) is 0 Å². The van der Waals surface area contributed by atoms with Crippen molar-refractivity contribution in [3.63, 3.8) is 0 Å². The Hall–Kier alpha value is -2.41. The van der Waals surface area contributed by atoms with Gasteiger partial charge in [0.15, 0.2) is 0 Å². The number of benzene rings is 2. The van der Waals surface area contributed by atoms with Crippen LogP contribution < -0.4 is 15.4 Å². The predicted molar refractivity (Wildman–Crippen MR) is 91.2 cm³/mol. The minimum Gasteiger partial charge on any atom is -0.495 e. The van der Waals surface area contributed by atoms with Gasteiger partial charge in [-0.2, -0.15) is 13.2 Å². The second-order valence-electron chi connectivity index (χ2n) is 5.14. The molecule has 0 aliphatic rings. The number of amides is 1. The lowest BCUT2D eigenvalue weighted by molar-refractivity contribution is -0.137. The molecule has 2 rings (SSSR count). The maximum Gasteiger partial charge on any atom is 0.416 e. The highest BCUT2D eigenvalue weighted by atomic mass is 35.5. The monoisotopic (exact) mass is 372 g/mol. The van der Waals surface area contributed by atoms with Gasteiger partial charge in [0.1, 0.15) is 5.75 Å². The molecule has 0 aliphatic carbocycles. The van der Waals surface area contributed by atoms with E-state index in [1.165, 1.54) is 19.2 Å². The number of hydrogen-bond donors (Lipinski definition) is 2. The fraction of sp³-hybridized carbons (Fsp3) is 0.235. The van der Waals surface area contributed by atoms with E-state index in [2.05, 4.69) is 10.6 Å². The van der Waals surface area contributed by atoms with Crippen LogP contribution in [0.3, 0.4) is 0 Å². The minimum absolute atomic E-state index is 0.122. The van der Waals surface area contributed by atoms with Crippen LogP contribution in [0.25, 0.3) is 0 Å². The number of hydrogen-bond acceptors (Lipinski definition) is 3. The van der Waals surface area contributed by atoms with Crippen molar-refractivity contribution in [2.75, 3.05) is 24.3 Å². The third-order valence-corrected chi connectivity index (χ3v) is 3.56. The van der Waals surface area contributed by atoms with Crippen molar-refractivity contribution in [3.05, 3.63) is 53.1 Å². The molecule has 0 saturated carbocycles. The van der Waals surface area contributed by atoms with E-state index >= 15 is 0 Å². The summed E-state index contributed by atoms with van der Waals surface area (Å²) >= 11 is 5.89. The highest BCUT2D eigenvalue weighted by Crippen LogP contribution is 2.30. The number of alkyl halides is 3. The molecule has 0 fully saturated rings. The number of ether oxygens (including phenoxy) is 1. The van der Waals surface area contributed by atoms with E-state index in [-0.39, 0.29) is 18.9 Å². The van der Waals surface area contributed by atoms with Crippen molar-refractivity contribution in [2.45, 2.75) is 12.6 Å². The van der Waals surface area contributed by atoms with Crippen LogP contribution in [0.5, 0.6) is 5.75 Å². The van der Waals surface area contributed by atoms with E-state index < -0.39 is 11.7 Å². The molecule has 1 amide bonds. The van der Waals surface area contributed by atoms with Crippen molar-refractivity contribution in [1.82, 2.24) is 0 Å². The van der Waals surface area contributed by atoms with E-state index in [9.17, 15) is 18.0 Å². The van der Waals surface area contributed by atoms with Crippen LogP contribution in [0.15, 0.2) is 42.5 Å². The highest BCUT2D eigenvalue weighted by Gasteiger charge is 2.29. The summed E-state index contributed by atoms with van der Waals surface area (Å²) in [6.07, 6.45) is -4.24. The van der Waals surface area contributed by atoms with Gasteiger partial charge in [0.2, 0.25) is 5.91 Å². The lowest BCUT2D eigenvalue weighted by Gasteiger charge is -2.12. The smallest absolute Gasteiger partial charge is 0.416 e. The second-order valence-corrected chi connectivity index (χ2v) is 5.58. The summed E-state index contributed by atoms with van der Waals surface area (Å²) in [5, 5.41) is 6.03. The molecule has 0 atom stereocenters. The largest absolute Gasteiger partial charge is 0.495 e. The predicted octanol–water partition coefficient (Wildman–Crippen LogP) is 4.81. The van der Waals surface area contributed by atoms with E-state index in [4.69, 9.17) is 16.3 Å². The maximum atomic E-state index is 12.5. The van der Waals surface area contributed by atoms with E-state index in [1.54, 1.807) is 18.2 Å². The summed E-state index contributed by atoms with van der Waals surface area (Å²) in [5.74, 6) is 0.202. The zero-order valence-corrected chi connectivity index (χ0v) is 14.0. The van der Waals surface area contributed by atoms with Crippen LogP contribution in [-0.4, -0.2) is 19.6 Å². The third-order valence-electron chi connectivity index (χ3n) is 3.33. The molecule has 2 aromatic carbocycles. The van der Waals surface area contributed by atoms with Gasteiger partial charge in [-0.15, -0.1) is 0 Å². The average Bonchev–Trinajstić information content (AvgIpc) is 2.55. The summed E-state index contributed by atoms with van der Waals surface area (Å²) < 4.78 is 42.6. The maximum absolute atomic E-state index is 12.5. The Morgan fingerprint density at radius 2 is 1.84 bits per heavy atom. The van der Waals surface area contributed by atoms with Gasteiger partial charge in [0.25, 0.3) is 0 Å². The Kier molecular flexibility index (Phi) is 6.14. The molecule has 0 radical (unpaired) electrons. The standard InChI is InChI=1S/C17H16ClF3N2O2/c1-25-15-7-4-12(18)10-14(15)23-16(24)8-9-22-13-5-2-11(3-6-13)17(19,20)21/h2-7,10,22H,8-9H2,1H3,(H,23,24). The molecule has 4 nitrogen and oxygen atoms in total. The van der Waals surface area contributed by atoms with Crippen LogP contribution in [0.4, 0.5) is 24.5 Å². The number of nitrogens with one attached hydrogen (secondary N) is 2. The van der Waals surface area contributed by atoms with Gasteiger partial charge >= 0.3 is 6.18 Å². The number of halogens is 4. The van der Waals surface area contributed by atoms with Gasteiger partial charge in [-0.25, -0.2) is 0 Å². The number of methoxy groups -OCH3 is 1. The number of carbonyl (C=O) groups excluding carboxylic acids is 1. The summed E-state index contributed by atoms with van der Waals surface area (Å²) in [7, 11) is 1.48. The number of carbonyl (C=O) groups is 1. The molecule has 0 saturated heterocycles. The Balaban J connectivity index is 1.86. The fourth-order valence-corrected chi connectivity index (χ4v) is 2.26. The topological polar surface area (TPSA) is 50.4 Å². The number of anilines is 2. The summed E-state index contributed by atoms with van der Waals surface area (Å²) in [5.41, 5.74) is 0.236. The first-order valence-corrected chi connectivity index (χ1v) is 7.72. The molecule has 2 aromatic rings. The van der Waals surface area contributed by atoms with Crippen molar-refractivity contribution < 1.29 is 22.7 Å². The molecular weight excluding hydrogens is 357 g/mol. The summed E-state index contributed by atoms with van der Waals surface area (Å²) in [6.45, 7) is 0.264. The highest BCUT2D eigenvalue weighted by molar-refractivity contribution is 6.31. The molecule has 0 aliphatic heterocycles. The quantitative estimate of drug-likeness (QED) is 0.765. The zero-order valence-electron chi connectivity index (χ0n) is 13.3. The van der Waals surface area contributed by atoms with Crippen LogP contribution in [-0.2, 0) is 11.0 Å². The van der Waals surface area contributed by atoms with E-state index in [1.807, 2.05) is 0 Å². The van der Waals surface area contributed by atoms with Crippen LogP contribution in [0, 0.1) is 0 Å². The minimum atomic E-state index is -4.37. The zero-order chi connectivity index (χ0) is 18.4. The van der Waals surface area contributed by atoms with Gasteiger partial charge in [-0.05, 0) is 42.5 Å². The molecule has 0 spiro atoms. The van der Waals surface area contributed by atoms with Gasteiger partial charge < -0.3 is 15.4 Å². The fourth-order valence-electron chi connectivity index (χ4n) is 2.09. The molecule has 0 aromatic heterocycles. The molecule has 0 heterocycles. The van der Waals surface area contributed by atoms with E-state index in [0.29, 0.717) is 22.1 Å². The lowest BCUT2D eigenvalue weighted by Crippen LogP contribution is -2.16. The van der Waals surface area contributed by atoms with Crippen molar-refractivity contribution in [3.8, 4) is 5.75 Å². The molecule has 0 bridgehead atoms. The van der Waals surface area contributed by atoms with Gasteiger partial charge in [0, 0.05) is 23.7 Å². The molecule has 0 unspecified atom stereocenters. The van der Waals surface area contributed by atoms with Gasteiger partial charge in [-0.3, -0.25) is 4.79 Å². The van der Waals surface area contributed by atoms with Crippen molar-refractivity contribution in [1.29, 1.82) is 0 Å². The molecule has 8 heteroatoms. The summed E-state index contributed by atoms with van der Waals surface area (Å²) in [6, 6.07) is 9.46. The Morgan fingerprint density at radius 1 is 1.16 bits per heavy atom. The first-order chi connectivity index (χ1) is 11.8. The SMILES string of the molecule is COc1ccc(Cl)cc1NC(=O)CCNc1ccc(C(F)(F)F)cc1. The Bertz CT molecular complexity index is 734. The molecule has 134 valence electrons. The normalized spacial score (nSPS) is 11.1. The Morgan fingerprint density at radius 3 is 2.44 bits per heavy atom. The lowest BCUT2D eigenvalue weighted by atomic mass is 10.2. The molecular formula is C17H16ClF3N2O2. The van der Waals surface area contributed by atoms with Crippen molar-refractivity contribution >= 4 is 28.9 Å². The van der Waals surface area contributed by atoms with Gasteiger partial charge in [0.05, 0.1) is 18.4 Å². The first kappa shape index (κ1) is 18.9. The van der Waals surface area contributed by atoms with E-state index in [0.717, 1.165) is 12.1 Å². The number of rotatable bonds is 6. The average molecular weight is 373 g/mol. The third kappa shape index (κ3) is 5.56. The second kappa shape index (κ2) is 8.11. The van der Waals surface area contributed by atoms with Gasteiger partial charge in [-0.1, -0.05) is 11.6 Å². The molecule has 25 heavy (non-hydrogen) atoms. The Labute approximate surface area is 147 Å². The molecule has 2 N–H and O–H groups in total. The van der Waals surface area contributed by atoms with Crippen LogP contribution in [0.1, 0.15) is 12.0 Å².